The van der Waals surface area contributed by atoms with Gasteiger partial charge in [-0.3, -0.25) is 9.69 Å². The van der Waals surface area contributed by atoms with Gasteiger partial charge in [0, 0.05) is 38.6 Å². The van der Waals surface area contributed by atoms with Gasteiger partial charge in [0.15, 0.2) is 11.0 Å². The second-order valence-electron chi connectivity index (χ2n) is 15.3. The fourth-order valence-electron chi connectivity index (χ4n) is 7.62. The van der Waals surface area contributed by atoms with Crippen molar-refractivity contribution in [3.63, 3.8) is 0 Å². The van der Waals surface area contributed by atoms with Gasteiger partial charge in [0.25, 0.3) is 0 Å². The molecular formula is C39H47ClFN7O5. The molecule has 14 heteroatoms. The summed E-state index contributed by atoms with van der Waals surface area (Å²) in [6.45, 7) is 10.5. The number of amides is 1. The maximum atomic E-state index is 15.4. The summed E-state index contributed by atoms with van der Waals surface area (Å²) in [6.07, 6.45) is 7.33. The molecule has 0 N–H and O–H groups in total. The highest BCUT2D eigenvalue weighted by Gasteiger charge is 2.45. The zero-order valence-corrected chi connectivity index (χ0v) is 31.3. The van der Waals surface area contributed by atoms with Gasteiger partial charge in [-0.05, 0) is 83.2 Å². The van der Waals surface area contributed by atoms with Crippen molar-refractivity contribution in [1.29, 1.82) is 0 Å². The molecule has 0 unspecified atom stereocenters. The predicted molar refractivity (Wildman–Crippen MR) is 198 cm³/mol. The summed E-state index contributed by atoms with van der Waals surface area (Å²) in [5, 5.41) is 0.161. The molecular weight excluding hydrogens is 701 g/mol. The third-order valence-electron chi connectivity index (χ3n) is 10.3. The number of benzene rings is 1. The van der Waals surface area contributed by atoms with Crippen LogP contribution in [0.3, 0.4) is 0 Å². The smallest absolute Gasteiger partial charge is 0.410 e. The number of carbonyl (C=O) groups excluding carboxylic acids is 2. The molecule has 0 aliphatic carbocycles. The van der Waals surface area contributed by atoms with Gasteiger partial charge in [-0.1, -0.05) is 41.9 Å². The Hall–Kier alpha value is -4.49. The Kier molecular flexibility index (Phi) is 11.0. The van der Waals surface area contributed by atoms with Crippen LogP contribution in [0.2, 0.25) is 5.15 Å². The highest BCUT2D eigenvalue weighted by Crippen LogP contribution is 2.37. The van der Waals surface area contributed by atoms with Crippen molar-refractivity contribution in [2.24, 2.45) is 5.92 Å². The number of nitrogens with zero attached hydrogens (tertiary/aromatic N) is 7. The van der Waals surface area contributed by atoms with Crippen LogP contribution < -0.4 is 9.64 Å². The molecule has 0 radical (unpaired) electrons. The Morgan fingerprint density at radius 3 is 2.42 bits per heavy atom. The van der Waals surface area contributed by atoms with Crippen LogP contribution >= 0.6 is 11.6 Å². The van der Waals surface area contributed by atoms with Gasteiger partial charge in [0.2, 0.25) is 0 Å². The average Bonchev–Trinajstić information content (AvgIpc) is 3.70. The van der Waals surface area contributed by atoms with E-state index in [1.165, 1.54) is 6.20 Å². The van der Waals surface area contributed by atoms with Crippen molar-refractivity contribution in [2.75, 3.05) is 37.6 Å². The first-order valence-corrected chi connectivity index (χ1v) is 18.9. The van der Waals surface area contributed by atoms with Crippen LogP contribution in [0.1, 0.15) is 64.1 Å². The van der Waals surface area contributed by atoms with Crippen molar-refractivity contribution in [3.05, 3.63) is 77.1 Å². The zero-order chi connectivity index (χ0) is 37.1. The highest BCUT2D eigenvalue weighted by atomic mass is 35.5. The molecule has 3 saturated heterocycles. The maximum absolute atomic E-state index is 15.4. The number of hydrogen-bond acceptors (Lipinski definition) is 10. The SMILES string of the molecule is CC(C)(C)OC(=O)N1[C@H]2CC[C@H]1CN(c1nc(OCc3cccn3CC3CCN(CCC(=O)OCc4ccccc4)CC3)nc3c(F)c(Cl)ncc13)C2. The second-order valence-corrected chi connectivity index (χ2v) is 15.6. The number of esters is 1. The minimum Gasteiger partial charge on any atom is -0.461 e. The molecule has 3 aromatic heterocycles. The number of fused-ring (bicyclic) bond motifs is 3. The van der Waals surface area contributed by atoms with Crippen LogP contribution in [0.15, 0.2) is 54.9 Å². The number of pyridine rings is 1. The normalized spacial score (nSPS) is 19.5. The molecule has 3 aliphatic rings. The number of aromatic nitrogens is 4. The number of ether oxygens (including phenoxy) is 3. The molecule has 1 amide bonds. The van der Waals surface area contributed by atoms with Crippen molar-refractivity contribution in [2.45, 2.75) is 90.3 Å². The third-order valence-corrected chi connectivity index (χ3v) is 10.6. The summed E-state index contributed by atoms with van der Waals surface area (Å²) in [5.74, 6) is 0.0718. The van der Waals surface area contributed by atoms with Gasteiger partial charge >= 0.3 is 18.1 Å². The lowest BCUT2D eigenvalue weighted by molar-refractivity contribution is -0.145. The van der Waals surface area contributed by atoms with Gasteiger partial charge in [-0.2, -0.15) is 9.97 Å². The third kappa shape index (κ3) is 8.84. The average molecular weight is 748 g/mol. The Balaban J connectivity index is 0.961. The molecule has 3 aliphatic heterocycles. The Morgan fingerprint density at radius 1 is 0.962 bits per heavy atom. The van der Waals surface area contributed by atoms with Gasteiger partial charge in [-0.25, -0.2) is 14.2 Å². The van der Waals surface area contributed by atoms with Crippen molar-refractivity contribution >= 4 is 40.4 Å². The molecule has 0 spiro atoms. The van der Waals surface area contributed by atoms with Gasteiger partial charge in [0.1, 0.15) is 30.1 Å². The summed E-state index contributed by atoms with van der Waals surface area (Å²) in [7, 11) is 0. The van der Waals surface area contributed by atoms with E-state index in [1.807, 2.05) is 74.3 Å². The second kappa shape index (κ2) is 15.9. The molecule has 2 bridgehead atoms. The van der Waals surface area contributed by atoms with Gasteiger partial charge in [0.05, 0.1) is 29.6 Å². The Labute approximate surface area is 314 Å². The molecule has 4 aromatic rings. The van der Waals surface area contributed by atoms with E-state index in [4.69, 9.17) is 30.8 Å². The molecule has 6 heterocycles. The van der Waals surface area contributed by atoms with E-state index < -0.39 is 11.4 Å². The molecule has 2 atom stereocenters. The maximum Gasteiger partial charge on any atom is 0.410 e. The van der Waals surface area contributed by atoms with Crippen LogP contribution in [0, 0.1) is 11.7 Å². The number of piperazine rings is 1. The molecule has 3 fully saturated rings. The van der Waals surface area contributed by atoms with E-state index in [2.05, 4.69) is 24.3 Å². The number of anilines is 1. The van der Waals surface area contributed by atoms with Crippen molar-refractivity contribution in [3.8, 4) is 6.01 Å². The number of likely N-dealkylation sites (tertiary alicyclic amines) is 1. The summed E-state index contributed by atoms with van der Waals surface area (Å²) < 4.78 is 34.9. The number of hydrogen-bond donors (Lipinski definition) is 0. The first kappa shape index (κ1) is 36.9. The first-order chi connectivity index (χ1) is 25.5. The lowest BCUT2D eigenvalue weighted by Crippen LogP contribution is -2.57. The summed E-state index contributed by atoms with van der Waals surface area (Å²) >= 11 is 6.10. The van der Waals surface area contributed by atoms with E-state index in [1.54, 1.807) is 0 Å². The van der Waals surface area contributed by atoms with E-state index in [9.17, 15) is 9.59 Å². The first-order valence-electron chi connectivity index (χ1n) is 18.5. The summed E-state index contributed by atoms with van der Waals surface area (Å²) in [5.41, 5.74) is 1.39. The van der Waals surface area contributed by atoms with Crippen LogP contribution in [-0.2, 0) is 34.0 Å². The molecule has 53 heavy (non-hydrogen) atoms. The highest BCUT2D eigenvalue weighted by molar-refractivity contribution is 6.30. The largest absolute Gasteiger partial charge is 0.461 e. The van der Waals surface area contributed by atoms with Crippen molar-refractivity contribution in [1.82, 2.24) is 29.3 Å². The summed E-state index contributed by atoms with van der Waals surface area (Å²) in [4.78, 5) is 44.9. The van der Waals surface area contributed by atoms with E-state index >= 15 is 4.39 Å². The quantitative estimate of drug-likeness (QED) is 0.122. The molecule has 7 rings (SSSR count). The fourth-order valence-corrected chi connectivity index (χ4v) is 7.76. The number of carbonyl (C=O) groups is 2. The lowest BCUT2D eigenvalue weighted by Gasteiger charge is -2.42. The van der Waals surface area contributed by atoms with Gasteiger partial charge in [-0.15, -0.1) is 0 Å². The Bertz CT molecular complexity index is 1900. The lowest BCUT2D eigenvalue weighted by atomic mass is 9.96. The minimum atomic E-state index is -0.730. The number of halogens is 2. The fraction of sp³-hybridized carbons (Fsp3) is 0.513. The molecule has 0 saturated carbocycles. The molecule has 12 nitrogen and oxygen atoms in total. The van der Waals surface area contributed by atoms with Crippen molar-refractivity contribution < 1.29 is 28.2 Å². The summed E-state index contributed by atoms with van der Waals surface area (Å²) in [6, 6.07) is 13.6. The molecule has 1 aromatic carbocycles. The minimum absolute atomic E-state index is 0.0403. The zero-order valence-electron chi connectivity index (χ0n) is 30.5. The van der Waals surface area contributed by atoms with Gasteiger partial charge < -0.3 is 28.6 Å². The standard InChI is InChI=1S/C39H47ClFN7O5/c1-39(2,3)53-38(50)48-28-11-12-29(48)23-47(22-28)36-31-20-42-35(40)33(41)34(31)43-37(44-36)52-25-30-10-7-16-46(30)21-26-13-17-45(18-14-26)19-15-32(49)51-24-27-8-5-4-6-9-27/h4-10,16,20,26,28-29H,11-15,17-19,21-25H2,1-3H3/t28-,29-/m0/s1. The van der Waals surface area contributed by atoms with Crippen LogP contribution in [0.5, 0.6) is 6.01 Å². The predicted octanol–water partition coefficient (Wildman–Crippen LogP) is 6.63. The Morgan fingerprint density at radius 2 is 1.70 bits per heavy atom. The van der Waals surface area contributed by atoms with E-state index in [0.717, 1.165) is 56.6 Å². The van der Waals surface area contributed by atoms with Crippen LogP contribution in [0.25, 0.3) is 10.9 Å². The number of rotatable bonds is 11. The monoisotopic (exact) mass is 747 g/mol. The molecule has 282 valence electrons. The van der Waals surface area contributed by atoms with E-state index in [-0.39, 0.29) is 47.4 Å². The number of piperidine rings is 1. The van der Waals surface area contributed by atoms with Crippen LogP contribution in [-0.4, -0.2) is 91.8 Å². The van der Waals surface area contributed by atoms with Crippen LogP contribution in [0.4, 0.5) is 15.0 Å². The topological polar surface area (TPSA) is 115 Å². The van der Waals surface area contributed by atoms with E-state index in [0.29, 0.717) is 49.8 Å².